The van der Waals surface area contributed by atoms with Gasteiger partial charge < -0.3 is 9.47 Å². The Morgan fingerprint density at radius 2 is 2.13 bits per heavy atom. The Hall–Kier alpha value is -1.80. The Kier molecular flexibility index (Phi) is 5.84. The second-order valence-corrected chi connectivity index (χ2v) is 6.86. The van der Waals surface area contributed by atoms with Gasteiger partial charge in [0.1, 0.15) is 11.6 Å². The van der Waals surface area contributed by atoms with Gasteiger partial charge in [0.15, 0.2) is 6.10 Å². The molecule has 0 fully saturated rings. The van der Waals surface area contributed by atoms with Gasteiger partial charge in [0.05, 0.1) is 5.69 Å². The Balaban J connectivity index is 1.92. The van der Waals surface area contributed by atoms with E-state index in [1.165, 1.54) is 21.9 Å². The molecule has 0 saturated carbocycles. The van der Waals surface area contributed by atoms with Gasteiger partial charge in [-0.1, -0.05) is 25.2 Å². The summed E-state index contributed by atoms with van der Waals surface area (Å²) in [5.41, 5.74) is 0.119. The molecule has 0 saturated heterocycles. The number of aryl methyl sites for hydroxylation is 1. The molecule has 8 heteroatoms. The fourth-order valence-corrected chi connectivity index (χ4v) is 2.60. The minimum absolute atomic E-state index is 0.0561. The molecular weight excluding hydrogens is 318 g/mol. The van der Waals surface area contributed by atoms with E-state index < -0.39 is 12.1 Å². The predicted octanol–water partition coefficient (Wildman–Crippen LogP) is 1.95. The number of aromatic nitrogens is 3. The molecule has 7 nitrogen and oxygen atoms in total. The van der Waals surface area contributed by atoms with Crippen LogP contribution in [0.1, 0.15) is 37.9 Å². The smallest absolute Gasteiger partial charge is 0.335 e. The van der Waals surface area contributed by atoms with Gasteiger partial charge in [-0.15, -0.1) is 0 Å². The molecule has 23 heavy (non-hydrogen) atoms. The lowest BCUT2D eigenvalue weighted by atomic mass is 10.1. The number of carbonyl (C=O) groups is 1. The van der Waals surface area contributed by atoms with E-state index in [1.807, 2.05) is 0 Å². The van der Waals surface area contributed by atoms with Gasteiger partial charge in [0.2, 0.25) is 4.96 Å². The van der Waals surface area contributed by atoms with Gasteiger partial charge in [-0.05, 0) is 26.2 Å². The van der Waals surface area contributed by atoms with Crippen molar-refractivity contribution < 1.29 is 14.3 Å². The summed E-state index contributed by atoms with van der Waals surface area (Å²) in [6, 6.07) is 1.32. The SMILES string of the molecule is Cc1nn2c(=O)cc(COC(=O)C(C)OCCC(C)C)nc2s1. The minimum atomic E-state index is -0.635. The highest BCUT2D eigenvalue weighted by molar-refractivity contribution is 7.16. The fourth-order valence-electron chi connectivity index (χ4n) is 1.84. The number of hydrogen-bond donors (Lipinski definition) is 0. The molecule has 2 heterocycles. The summed E-state index contributed by atoms with van der Waals surface area (Å²) in [5.74, 6) is 0.0567. The highest BCUT2D eigenvalue weighted by Crippen LogP contribution is 2.10. The molecule has 0 aliphatic carbocycles. The first-order valence-corrected chi connectivity index (χ1v) is 8.33. The molecule has 126 valence electrons. The van der Waals surface area contributed by atoms with Gasteiger partial charge in [-0.25, -0.2) is 9.78 Å². The Labute approximate surface area is 138 Å². The van der Waals surface area contributed by atoms with Crippen molar-refractivity contribution in [3.63, 3.8) is 0 Å². The van der Waals surface area contributed by atoms with E-state index in [1.54, 1.807) is 13.8 Å². The van der Waals surface area contributed by atoms with Crippen LogP contribution in [0.2, 0.25) is 0 Å². The van der Waals surface area contributed by atoms with Crippen LogP contribution in [-0.4, -0.2) is 33.3 Å². The maximum atomic E-state index is 11.9. The lowest BCUT2D eigenvalue weighted by molar-refractivity contribution is -0.157. The molecule has 0 amide bonds. The largest absolute Gasteiger partial charge is 0.457 e. The van der Waals surface area contributed by atoms with E-state index in [0.717, 1.165) is 11.4 Å². The summed E-state index contributed by atoms with van der Waals surface area (Å²) in [4.78, 5) is 28.5. The highest BCUT2D eigenvalue weighted by atomic mass is 32.1. The van der Waals surface area contributed by atoms with Crippen LogP contribution in [-0.2, 0) is 20.9 Å². The summed E-state index contributed by atoms with van der Waals surface area (Å²) in [7, 11) is 0. The summed E-state index contributed by atoms with van der Waals surface area (Å²) in [6.45, 7) is 8.09. The van der Waals surface area contributed by atoms with Crippen molar-refractivity contribution in [2.24, 2.45) is 5.92 Å². The summed E-state index contributed by atoms with van der Waals surface area (Å²) < 4.78 is 11.8. The van der Waals surface area contributed by atoms with Crippen molar-refractivity contribution in [1.29, 1.82) is 0 Å². The third-order valence-electron chi connectivity index (χ3n) is 3.16. The van der Waals surface area contributed by atoms with Crippen LogP contribution in [0.5, 0.6) is 0 Å². The number of rotatable bonds is 7. The Morgan fingerprint density at radius 3 is 2.83 bits per heavy atom. The zero-order chi connectivity index (χ0) is 17.0. The van der Waals surface area contributed by atoms with E-state index in [0.29, 0.717) is 23.2 Å². The monoisotopic (exact) mass is 339 g/mol. The number of esters is 1. The summed E-state index contributed by atoms with van der Waals surface area (Å²) in [5, 5.41) is 4.80. The number of carbonyl (C=O) groups excluding carboxylic acids is 1. The van der Waals surface area contributed by atoms with Gasteiger partial charge in [0, 0.05) is 12.7 Å². The molecule has 0 bridgehead atoms. The number of ether oxygens (including phenoxy) is 2. The average molecular weight is 339 g/mol. The summed E-state index contributed by atoms with van der Waals surface area (Å²) in [6.07, 6.45) is 0.251. The molecule has 0 spiro atoms. The Bertz CT molecular complexity index is 738. The van der Waals surface area contributed by atoms with Gasteiger partial charge in [-0.2, -0.15) is 9.61 Å². The lowest BCUT2D eigenvalue weighted by Gasteiger charge is -2.13. The first-order valence-electron chi connectivity index (χ1n) is 7.51. The van der Waals surface area contributed by atoms with Crippen molar-refractivity contribution in [2.75, 3.05) is 6.61 Å². The number of nitrogens with zero attached hydrogens (tertiary/aromatic N) is 3. The van der Waals surface area contributed by atoms with Crippen molar-refractivity contribution in [3.05, 3.63) is 27.1 Å². The van der Waals surface area contributed by atoms with E-state index >= 15 is 0 Å². The average Bonchev–Trinajstić information content (AvgIpc) is 2.85. The van der Waals surface area contributed by atoms with Crippen LogP contribution in [0, 0.1) is 12.8 Å². The second kappa shape index (κ2) is 7.65. The van der Waals surface area contributed by atoms with Crippen LogP contribution in [0.25, 0.3) is 4.96 Å². The van der Waals surface area contributed by atoms with Gasteiger partial charge in [-0.3, -0.25) is 4.79 Å². The number of hydrogen-bond acceptors (Lipinski definition) is 7. The highest BCUT2D eigenvalue weighted by Gasteiger charge is 2.16. The Morgan fingerprint density at radius 1 is 1.39 bits per heavy atom. The van der Waals surface area contributed by atoms with Crippen LogP contribution in [0.15, 0.2) is 10.9 Å². The zero-order valence-electron chi connectivity index (χ0n) is 13.7. The first kappa shape index (κ1) is 17.6. The molecule has 0 aromatic carbocycles. The van der Waals surface area contributed by atoms with Crippen molar-refractivity contribution in [1.82, 2.24) is 14.6 Å². The lowest BCUT2D eigenvalue weighted by Crippen LogP contribution is -2.24. The van der Waals surface area contributed by atoms with Crippen LogP contribution < -0.4 is 5.56 Å². The quantitative estimate of drug-likeness (QED) is 0.717. The second-order valence-electron chi connectivity index (χ2n) is 5.70. The normalized spacial score (nSPS) is 12.7. The summed E-state index contributed by atoms with van der Waals surface area (Å²) >= 11 is 1.31. The molecular formula is C15H21N3O4S. The van der Waals surface area contributed by atoms with Crippen molar-refractivity contribution in [2.45, 2.75) is 46.8 Å². The molecule has 0 aliphatic rings. The van der Waals surface area contributed by atoms with Crippen LogP contribution >= 0.6 is 11.3 Å². The topological polar surface area (TPSA) is 82.8 Å². The van der Waals surface area contributed by atoms with Gasteiger partial charge >= 0.3 is 5.97 Å². The molecule has 2 aromatic rings. The van der Waals surface area contributed by atoms with Crippen molar-refractivity contribution >= 4 is 22.3 Å². The van der Waals surface area contributed by atoms with E-state index in [-0.39, 0.29) is 12.2 Å². The molecule has 2 aromatic heterocycles. The fraction of sp³-hybridized carbons (Fsp3) is 0.600. The molecule has 0 aliphatic heterocycles. The molecule has 1 unspecified atom stereocenters. The van der Waals surface area contributed by atoms with E-state index in [2.05, 4.69) is 23.9 Å². The maximum Gasteiger partial charge on any atom is 0.335 e. The molecule has 1 atom stereocenters. The van der Waals surface area contributed by atoms with Crippen LogP contribution in [0.4, 0.5) is 0 Å². The van der Waals surface area contributed by atoms with Gasteiger partial charge in [0.25, 0.3) is 5.56 Å². The molecule has 0 N–H and O–H groups in total. The molecule has 2 rings (SSSR count). The number of fused-ring (bicyclic) bond motifs is 1. The standard InChI is InChI=1S/C15H21N3O4S/c1-9(2)5-6-21-10(3)14(20)22-8-12-7-13(19)18-15(16-12)23-11(4)17-18/h7,9-10H,5-6,8H2,1-4H3. The molecule has 0 radical (unpaired) electrons. The van der Waals surface area contributed by atoms with E-state index in [4.69, 9.17) is 9.47 Å². The van der Waals surface area contributed by atoms with Crippen LogP contribution in [0.3, 0.4) is 0 Å². The zero-order valence-corrected chi connectivity index (χ0v) is 14.6. The van der Waals surface area contributed by atoms with Crippen molar-refractivity contribution in [3.8, 4) is 0 Å². The first-order chi connectivity index (χ1) is 10.9. The predicted molar refractivity (Wildman–Crippen MR) is 86.5 cm³/mol. The third-order valence-corrected chi connectivity index (χ3v) is 3.98. The van der Waals surface area contributed by atoms with E-state index in [9.17, 15) is 9.59 Å². The maximum absolute atomic E-state index is 11.9. The third kappa shape index (κ3) is 4.84. The minimum Gasteiger partial charge on any atom is -0.457 e.